The number of hydrogen-bond donors (Lipinski definition) is 2. The number of rotatable bonds is 7. The molecule has 3 unspecified atom stereocenters. The summed E-state index contributed by atoms with van der Waals surface area (Å²) in [5.41, 5.74) is 5.93. The monoisotopic (exact) mass is 256 g/mol. The number of amides is 1. The van der Waals surface area contributed by atoms with Crippen molar-refractivity contribution in [3.8, 4) is 0 Å². The van der Waals surface area contributed by atoms with Gasteiger partial charge in [0.05, 0.1) is 0 Å². The molecular weight excluding hydrogens is 228 g/mol. The van der Waals surface area contributed by atoms with E-state index >= 15 is 0 Å². The van der Waals surface area contributed by atoms with Crippen molar-refractivity contribution in [1.29, 1.82) is 0 Å². The van der Waals surface area contributed by atoms with Gasteiger partial charge in [0.15, 0.2) is 0 Å². The largest absolute Gasteiger partial charge is 0.381 e. The van der Waals surface area contributed by atoms with Crippen molar-refractivity contribution in [2.45, 2.75) is 52.0 Å². The summed E-state index contributed by atoms with van der Waals surface area (Å²) in [5.74, 6) is 0.736. The maximum absolute atomic E-state index is 12.0. The van der Waals surface area contributed by atoms with Crippen LogP contribution in [0.1, 0.15) is 46.0 Å². The van der Waals surface area contributed by atoms with E-state index in [1.807, 2.05) is 0 Å². The minimum absolute atomic E-state index is 0.102. The predicted molar refractivity (Wildman–Crippen MR) is 73.2 cm³/mol. The van der Waals surface area contributed by atoms with Crippen molar-refractivity contribution in [3.63, 3.8) is 0 Å². The van der Waals surface area contributed by atoms with Crippen molar-refractivity contribution < 1.29 is 9.53 Å². The maximum Gasteiger partial charge on any atom is 0.223 e. The molecule has 0 aromatic heterocycles. The van der Waals surface area contributed by atoms with Crippen LogP contribution in [0.5, 0.6) is 0 Å². The molecule has 0 aromatic carbocycles. The number of hydrogen-bond acceptors (Lipinski definition) is 3. The van der Waals surface area contributed by atoms with Gasteiger partial charge >= 0.3 is 0 Å². The Kier molecular flexibility index (Phi) is 7.28. The van der Waals surface area contributed by atoms with Crippen LogP contribution in [0.3, 0.4) is 0 Å². The normalized spacial score (nSPS) is 28.1. The molecule has 1 aliphatic rings. The lowest BCUT2D eigenvalue weighted by molar-refractivity contribution is -0.127. The van der Waals surface area contributed by atoms with Crippen molar-refractivity contribution in [3.05, 3.63) is 0 Å². The Morgan fingerprint density at radius 2 is 2.17 bits per heavy atom. The second-order valence-corrected chi connectivity index (χ2v) is 5.41. The smallest absolute Gasteiger partial charge is 0.223 e. The molecular formula is C14H28N2O2. The van der Waals surface area contributed by atoms with Gasteiger partial charge in [0, 0.05) is 31.7 Å². The number of carbonyl (C=O) groups excluding carboxylic acids is 1. The number of nitrogens with two attached hydrogens (primary N) is 1. The van der Waals surface area contributed by atoms with Crippen LogP contribution in [0.2, 0.25) is 0 Å². The third kappa shape index (κ3) is 5.36. The van der Waals surface area contributed by atoms with E-state index in [0.29, 0.717) is 12.5 Å². The highest BCUT2D eigenvalue weighted by molar-refractivity contribution is 5.79. The Bertz CT molecular complexity index is 246. The molecule has 0 spiro atoms. The number of nitrogens with one attached hydrogen (secondary N) is 1. The van der Waals surface area contributed by atoms with E-state index in [4.69, 9.17) is 10.5 Å². The van der Waals surface area contributed by atoms with Gasteiger partial charge in [0.25, 0.3) is 0 Å². The van der Waals surface area contributed by atoms with Crippen molar-refractivity contribution in [2.75, 3.05) is 19.8 Å². The molecule has 4 heteroatoms. The summed E-state index contributed by atoms with van der Waals surface area (Å²) in [6.45, 7) is 6.49. The molecule has 1 rings (SSSR count). The first kappa shape index (κ1) is 15.4. The summed E-state index contributed by atoms with van der Waals surface area (Å²) in [5, 5.41) is 3.01. The third-order valence-electron chi connectivity index (χ3n) is 3.69. The average molecular weight is 256 g/mol. The molecule has 0 aromatic rings. The first-order valence-electron chi connectivity index (χ1n) is 7.26. The third-order valence-corrected chi connectivity index (χ3v) is 3.69. The van der Waals surface area contributed by atoms with Gasteiger partial charge in [-0.1, -0.05) is 13.8 Å². The van der Waals surface area contributed by atoms with Gasteiger partial charge in [0.1, 0.15) is 0 Å². The summed E-state index contributed by atoms with van der Waals surface area (Å²) in [4.78, 5) is 12.0. The van der Waals surface area contributed by atoms with E-state index < -0.39 is 0 Å². The zero-order valence-corrected chi connectivity index (χ0v) is 11.8. The van der Waals surface area contributed by atoms with Gasteiger partial charge in [-0.15, -0.1) is 0 Å². The summed E-state index contributed by atoms with van der Waals surface area (Å²) < 4.78 is 5.38. The number of ether oxygens (including phenoxy) is 1. The summed E-state index contributed by atoms with van der Waals surface area (Å²) >= 11 is 0. The van der Waals surface area contributed by atoms with E-state index in [1.165, 1.54) is 0 Å². The summed E-state index contributed by atoms with van der Waals surface area (Å²) in [7, 11) is 0. The summed E-state index contributed by atoms with van der Waals surface area (Å²) in [6.07, 6.45) is 4.89. The molecule has 3 N–H and O–H groups in total. The average Bonchev–Trinajstić information content (AvgIpc) is 2.36. The molecule has 0 radical (unpaired) electrons. The van der Waals surface area contributed by atoms with E-state index in [1.54, 1.807) is 0 Å². The van der Waals surface area contributed by atoms with Crippen LogP contribution in [-0.2, 0) is 9.53 Å². The molecule has 0 bridgehead atoms. The molecule has 3 atom stereocenters. The van der Waals surface area contributed by atoms with Gasteiger partial charge in [-0.05, 0) is 38.0 Å². The second kappa shape index (κ2) is 8.48. The molecule has 1 aliphatic carbocycles. The molecule has 0 aliphatic heterocycles. The van der Waals surface area contributed by atoms with E-state index in [0.717, 1.165) is 45.3 Å². The minimum Gasteiger partial charge on any atom is -0.381 e. The first-order valence-corrected chi connectivity index (χ1v) is 7.26. The molecule has 106 valence electrons. The molecule has 18 heavy (non-hydrogen) atoms. The fraction of sp³-hybridized carbons (Fsp3) is 0.929. The summed E-state index contributed by atoms with van der Waals surface area (Å²) in [6, 6.07) is 0.199. The molecule has 1 amide bonds. The molecule has 1 saturated carbocycles. The molecule has 0 heterocycles. The van der Waals surface area contributed by atoms with Crippen molar-refractivity contribution in [2.24, 2.45) is 17.6 Å². The zero-order valence-electron chi connectivity index (χ0n) is 11.8. The standard InChI is InChI=1S/C14H28N2O2/c1-3-8-18-9-4-7-16-14(17)13-10-12(15)6-5-11(13)2/h11-13H,3-10,15H2,1-2H3,(H,16,17). The van der Waals surface area contributed by atoms with Crippen LogP contribution in [0.25, 0.3) is 0 Å². The Balaban J connectivity index is 2.15. The fourth-order valence-electron chi connectivity index (χ4n) is 2.48. The van der Waals surface area contributed by atoms with E-state index in [9.17, 15) is 4.79 Å². The van der Waals surface area contributed by atoms with Crippen LogP contribution >= 0.6 is 0 Å². The topological polar surface area (TPSA) is 64.3 Å². The van der Waals surface area contributed by atoms with Gasteiger partial charge in [-0.3, -0.25) is 4.79 Å². The van der Waals surface area contributed by atoms with Crippen LogP contribution < -0.4 is 11.1 Å². The lowest BCUT2D eigenvalue weighted by Gasteiger charge is -2.31. The predicted octanol–water partition coefficient (Wildman–Crippen LogP) is 1.68. The maximum atomic E-state index is 12.0. The minimum atomic E-state index is 0.102. The van der Waals surface area contributed by atoms with Crippen LogP contribution in [0, 0.1) is 11.8 Å². The first-order chi connectivity index (χ1) is 8.65. The van der Waals surface area contributed by atoms with Crippen molar-refractivity contribution >= 4 is 5.91 Å². The van der Waals surface area contributed by atoms with Crippen LogP contribution in [0.15, 0.2) is 0 Å². The lowest BCUT2D eigenvalue weighted by atomic mass is 9.78. The van der Waals surface area contributed by atoms with E-state index in [-0.39, 0.29) is 17.9 Å². The second-order valence-electron chi connectivity index (χ2n) is 5.41. The Morgan fingerprint density at radius 3 is 2.89 bits per heavy atom. The molecule has 0 saturated heterocycles. The Morgan fingerprint density at radius 1 is 1.39 bits per heavy atom. The van der Waals surface area contributed by atoms with Gasteiger partial charge in [0.2, 0.25) is 5.91 Å². The Labute approximate surface area is 111 Å². The molecule has 1 fully saturated rings. The highest BCUT2D eigenvalue weighted by Gasteiger charge is 2.30. The van der Waals surface area contributed by atoms with Crippen LogP contribution in [-0.4, -0.2) is 31.7 Å². The SMILES string of the molecule is CCCOCCCNC(=O)C1CC(N)CCC1C. The number of carbonyl (C=O) groups is 1. The highest BCUT2D eigenvalue weighted by Crippen LogP contribution is 2.29. The van der Waals surface area contributed by atoms with Gasteiger partial charge in [-0.25, -0.2) is 0 Å². The zero-order chi connectivity index (χ0) is 13.4. The van der Waals surface area contributed by atoms with Crippen LogP contribution in [0.4, 0.5) is 0 Å². The quantitative estimate of drug-likeness (QED) is 0.681. The molecule has 4 nitrogen and oxygen atoms in total. The van der Waals surface area contributed by atoms with Gasteiger partial charge < -0.3 is 15.8 Å². The Hall–Kier alpha value is -0.610. The fourth-order valence-corrected chi connectivity index (χ4v) is 2.48. The van der Waals surface area contributed by atoms with Gasteiger partial charge in [-0.2, -0.15) is 0 Å². The van der Waals surface area contributed by atoms with E-state index in [2.05, 4.69) is 19.2 Å². The highest BCUT2D eigenvalue weighted by atomic mass is 16.5. The van der Waals surface area contributed by atoms with Crippen molar-refractivity contribution in [1.82, 2.24) is 5.32 Å². The lowest BCUT2D eigenvalue weighted by Crippen LogP contribution is -2.42.